The van der Waals surface area contributed by atoms with E-state index in [1.54, 1.807) is 7.11 Å². The van der Waals surface area contributed by atoms with Crippen LogP contribution in [0.1, 0.15) is 86.6 Å². The number of benzene rings is 1. The van der Waals surface area contributed by atoms with Crippen LogP contribution < -0.4 is 4.74 Å². The van der Waals surface area contributed by atoms with Gasteiger partial charge < -0.3 is 32.9 Å². The van der Waals surface area contributed by atoms with E-state index >= 15 is 0 Å². The molecular formula is C30H50O7Si. The predicted octanol–water partition coefficient (Wildman–Crippen LogP) is 5.91. The minimum absolute atomic E-state index is 0.0662. The zero-order chi connectivity index (χ0) is 28.0. The molecule has 8 heteroatoms. The smallest absolute Gasteiger partial charge is 0.349 e. The van der Waals surface area contributed by atoms with Crippen molar-refractivity contribution in [2.75, 3.05) is 20.3 Å². The first-order valence-corrected chi connectivity index (χ1v) is 16.0. The summed E-state index contributed by atoms with van der Waals surface area (Å²) in [5.41, 5.74) is -0.457. The lowest BCUT2D eigenvalue weighted by atomic mass is 9.74. The van der Waals surface area contributed by atoms with E-state index in [2.05, 4.69) is 48.5 Å². The van der Waals surface area contributed by atoms with Gasteiger partial charge in [-0.25, -0.2) is 0 Å². The molecule has 0 bridgehead atoms. The molecule has 3 aliphatic rings. The number of rotatable bonds is 7. The van der Waals surface area contributed by atoms with E-state index in [1.165, 1.54) is 0 Å². The zero-order valence-corrected chi connectivity index (χ0v) is 26.0. The summed E-state index contributed by atoms with van der Waals surface area (Å²) in [6.07, 6.45) is 2.17. The third kappa shape index (κ3) is 5.87. The van der Waals surface area contributed by atoms with Crippen LogP contribution in [0.3, 0.4) is 0 Å². The van der Waals surface area contributed by atoms with Crippen molar-refractivity contribution in [2.24, 2.45) is 0 Å². The lowest BCUT2D eigenvalue weighted by Gasteiger charge is -2.60. The monoisotopic (exact) mass is 550 g/mol. The van der Waals surface area contributed by atoms with E-state index in [0.29, 0.717) is 26.2 Å². The Labute approximate surface area is 230 Å². The van der Waals surface area contributed by atoms with Crippen LogP contribution in [0.4, 0.5) is 0 Å². The summed E-state index contributed by atoms with van der Waals surface area (Å²) < 4.78 is 38.0. The third-order valence-electron chi connectivity index (χ3n) is 8.62. The Kier molecular flexibility index (Phi) is 8.49. The lowest BCUT2D eigenvalue weighted by Crippen LogP contribution is -2.71. The van der Waals surface area contributed by atoms with Crippen LogP contribution >= 0.6 is 0 Å². The third-order valence-corrected chi connectivity index (χ3v) is 13.8. The van der Waals surface area contributed by atoms with Crippen molar-refractivity contribution in [3.8, 4) is 5.75 Å². The lowest BCUT2D eigenvalue weighted by molar-refractivity contribution is -0.314. The molecule has 0 amide bonds. The summed E-state index contributed by atoms with van der Waals surface area (Å²) >= 11 is 0. The van der Waals surface area contributed by atoms with E-state index in [1.807, 2.05) is 31.2 Å². The van der Waals surface area contributed by atoms with Gasteiger partial charge >= 0.3 is 8.56 Å². The number of fused-ring (bicyclic) bond motifs is 2. The minimum atomic E-state index is -2.59. The first-order valence-electron chi connectivity index (χ1n) is 14.2. The number of hydrogen-bond acceptors (Lipinski definition) is 7. The summed E-state index contributed by atoms with van der Waals surface area (Å²) in [4.78, 5) is 0. The number of ether oxygens (including phenoxy) is 4. The summed E-state index contributed by atoms with van der Waals surface area (Å²) in [6.45, 7) is 19.1. The molecule has 1 N–H and O–H groups in total. The fourth-order valence-corrected chi connectivity index (χ4v) is 11.9. The van der Waals surface area contributed by atoms with Gasteiger partial charge in [0.2, 0.25) is 0 Å². The van der Waals surface area contributed by atoms with Gasteiger partial charge in [-0.2, -0.15) is 0 Å². The van der Waals surface area contributed by atoms with Gasteiger partial charge in [0, 0.05) is 29.5 Å². The topological polar surface area (TPSA) is 75.6 Å². The summed E-state index contributed by atoms with van der Waals surface area (Å²) in [7, 11) is -0.928. The average molecular weight is 551 g/mol. The van der Waals surface area contributed by atoms with Crippen molar-refractivity contribution < 1.29 is 32.9 Å². The van der Waals surface area contributed by atoms with Crippen LogP contribution in [0.25, 0.3) is 0 Å². The quantitative estimate of drug-likeness (QED) is 0.334. The number of aliphatic hydroxyl groups is 1. The molecule has 38 heavy (non-hydrogen) atoms. The molecule has 0 unspecified atom stereocenters. The van der Waals surface area contributed by atoms with Gasteiger partial charge in [-0.15, -0.1) is 0 Å². The maximum Gasteiger partial charge on any atom is 0.349 e. The Morgan fingerprint density at radius 1 is 1.03 bits per heavy atom. The first-order chi connectivity index (χ1) is 17.6. The summed E-state index contributed by atoms with van der Waals surface area (Å²) in [6, 6.07) is 7.91. The molecule has 6 atom stereocenters. The van der Waals surface area contributed by atoms with Crippen LogP contribution in [0.2, 0.25) is 10.1 Å². The van der Waals surface area contributed by atoms with Crippen molar-refractivity contribution in [1.82, 2.24) is 0 Å². The summed E-state index contributed by atoms with van der Waals surface area (Å²) in [5.74, 6) is 0.839. The van der Waals surface area contributed by atoms with Crippen LogP contribution in [0.15, 0.2) is 24.3 Å². The van der Waals surface area contributed by atoms with Crippen molar-refractivity contribution in [2.45, 2.75) is 133 Å². The highest BCUT2D eigenvalue weighted by Gasteiger charge is 2.65. The van der Waals surface area contributed by atoms with Crippen molar-refractivity contribution >= 4 is 8.56 Å². The molecular weight excluding hydrogens is 500 g/mol. The molecule has 3 heterocycles. The van der Waals surface area contributed by atoms with Crippen molar-refractivity contribution in [3.63, 3.8) is 0 Å². The molecule has 7 nitrogen and oxygen atoms in total. The molecule has 0 aromatic heterocycles. The molecule has 0 spiro atoms. The zero-order valence-electron chi connectivity index (χ0n) is 25.0. The molecule has 3 saturated heterocycles. The van der Waals surface area contributed by atoms with E-state index in [0.717, 1.165) is 30.6 Å². The molecule has 1 aromatic rings. The van der Waals surface area contributed by atoms with Crippen molar-refractivity contribution in [1.29, 1.82) is 0 Å². The minimum Gasteiger partial charge on any atom is -0.497 e. The second-order valence-corrected chi connectivity index (χ2v) is 18.7. The molecule has 4 rings (SSSR count). The normalized spacial score (nSPS) is 35.3. The Morgan fingerprint density at radius 2 is 1.68 bits per heavy atom. The number of methoxy groups -OCH3 is 1. The van der Waals surface area contributed by atoms with Crippen molar-refractivity contribution in [3.05, 3.63) is 29.8 Å². The SMILES string of the molecule is COc1ccc(COCCC[C@@H]2O[C@@H]3C[C@@H]4O[Si](C(C)(C)C)(C(C)(C)C)OC[C@H]4O[C@@]3(C)C[C@@]2(C)O)cc1. The first kappa shape index (κ1) is 30.0. The van der Waals surface area contributed by atoms with Crippen LogP contribution in [0.5, 0.6) is 5.75 Å². The molecule has 0 saturated carbocycles. The second-order valence-electron chi connectivity index (χ2n) is 14.0. The predicted molar refractivity (Wildman–Crippen MR) is 150 cm³/mol. The molecule has 3 fully saturated rings. The Balaban J connectivity index is 1.36. The number of hydrogen-bond donors (Lipinski definition) is 1. The highest BCUT2D eigenvalue weighted by molar-refractivity contribution is 6.73. The fourth-order valence-electron chi connectivity index (χ4n) is 6.92. The van der Waals surface area contributed by atoms with Crippen LogP contribution in [-0.4, -0.2) is 69.6 Å². The highest BCUT2D eigenvalue weighted by atomic mass is 28.4. The average Bonchev–Trinajstić information content (AvgIpc) is 2.81. The van der Waals surface area contributed by atoms with E-state index < -0.39 is 19.8 Å². The molecule has 0 aliphatic carbocycles. The second kappa shape index (κ2) is 10.8. The van der Waals surface area contributed by atoms with Gasteiger partial charge in [-0.05, 0) is 44.4 Å². The Hall–Kier alpha value is -1.00. The van der Waals surface area contributed by atoms with Gasteiger partial charge in [-0.3, -0.25) is 0 Å². The largest absolute Gasteiger partial charge is 0.497 e. The maximum absolute atomic E-state index is 11.4. The van der Waals surface area contributed by atoms with Gasteiger partial charge in [0.25, 0.3) is 0 Å². The Bertz CT molecular complexity index is 921. The van der Waals surface area contributed by atoms with E-state index in [4.69, 9.17) is 27.8 Å². The maximum atomic E-state index is 11.4. The van der Waals surface area contributed by atoms with E-state index in [9.17, 15) is 5.11 Å². The Morgan fingerprint density at radius 3 is 2.29 bits per heavy atom. The summed E-state index contributed by atoms with van der Waals surface area (Å²) in [5, 5.41) is 11.2. The van der Waals surface area contributed by atoms with Gasteiger partial charge in [0.05, 0.1) is 49.8 Å². The molecule has 216 valence electrons. The van der Waals surface area contributed by atoms with Crippen LogP contribution in [-0.2, 0) is 29.7 Å². The highest BCUT2D eigenvalue weighted by Crippen LogP contribution is 2.56. The molecule has 0 radical (unpaired) electrons. The fraction of sp³-hybridized carbons (Fsp3) is 0.800. The van der Waals surface area contributed by atoms with Gasteiger partial charge in [0.1, 0.15) is 11.9 Å². The molecule has 3 aliphatic heterocycles. The molecule has 1 aromatic carbocycles. The van der Waals surface area contributed by atoms with Gasteiger partial charge in [0.15, 0.2) is 0 Å². The van der Waals surface area contributed by atoms with Gasteiger partial charge in [-0.1, -0.05) is 53.7 Å². The standard InChI is InChI=1S/C30H50O7Si/c1-27(2,3)38(28(4,5)6)34-19-24-23(37-38)17-26-30(8,36-24)20-29(7,31)25(35-26)11-10-16-33-18-21-12-14-22(32-9)15-13-21/h12-15,23-26,31H,10-11,16-20H2,1-9H3/t23-,24+,25-,26+,29+,30-/m0/s1. The van der Waals surface area contributed by atoms with Crippen LogP contribution in [0, 0.1) is 0 Å². The van der Waals surface area contributed by atoms with E-state index in [-0.39, 0.29) is 34.5 Å².